The van der Waals surface area contributed by atoms with Crippen LogP contribution in [0.25, 0.3) is 22.2 Å². The monoisotopic (exact) mass is 365 g/mol. The number of anilines is 2. The minimum Gasteiger partial charge on any atom is -0.384 e. The van der Waals surface area contributed by atoms with Gasteiger partial charge in [0.1, 0.15) is 5.82 Å². The van der Waals surface area contributed by atoms with E-state index in [9.17, 15) is 0 Å². The van der Waals surface area contributed by atoms with E-state index in [1.54, 1.807) is 6.20 Å². The highest BCUT2D eigenvalue weighted by molar-refractivity contribution is 5.95. The molecule has 3 aromatic rings. The van der Waals surface area contributed by atoms with Crippen LogP contribution in [0.2, 0.25) is 0 Å². The molecular weight excluding hydrogens is 334 g/mol. The van der Waals surface area contributed by atoms with Gasteiger partial charge in [0.15, 0.2) is 0 Å². The van der Waals surface area contributed by atoms with Gasteiger partial charge >= 0.3 is 0 Å². The third kappa shape index (κ3) is 4.24. The summed E-state index contributed by atoms with van der Waals surface area (Å²) in [7, 11) is 0. The lowest BCUT2D eigenvalue weighted by Gasteiger charge is -2.30. The van der Waals surface area contributed by atoms with Crippen LogP contribution in [0.3, 0.4) is 0 Å². The van der Waals surface area contributed by atoms with E-state index in [4.69, 9.17) is 5.73 Å². The Morgan fingerprint density at radius 2 is 1.96 bits per heavy atom. The summed E-state index contributed by atoms with van der Waals surface area (Å²) in [4.78, 5) is 4.54. The molecule has 27 heavy (non-hydrogen) atoms. The molecule has 2 aromatic heterocycles. The van der Waals surface area contributed by atoms with Crippen LogP contribution in [0.15, 0.2) is 36.5 Å². The second kappa shape index (κ2) is 8.42. The standard InChI is InChI=1S/C22H31N5/c1-5-7-16(6-2)14(3)15(4)25-21-13-22(23)26-20-12-17(8-9-18(20)21)19-10-11-24-27-19/h8-16H,5-7H2,1-4H3,(H,24,27)(H3,23,25,26). The van der Waals surface area contributed by atoms with E-state index in [1.165, 1.54) is 19.3 Å². The molecule has 3 atom stereocenters. The predicted molar refractivity (Wildman–Crippen MR) is 115 cm³/mol. The highest BCUT2D eigenvalue weighted by atomic mass is 15.1. The zero-order valence-electron chi connectivity index (χ0n) is 16.8. The summed E-state index contributed by atoms with van der Waals surface area (Å²) in [5, 5.41) is 11.8. The largest absolute Gasteiger partial charge is 0.384 e. The number of nitrogens with two attached hydrogens (primary N) is 1. The van der Waals surface area contributed by atoms with E-state index in [2.05, 4.69) is 66.4 Å². The first kappa shape index (κ1) is 19.2. The Morgan fingerprint density at radius 1 is 1.15 bits per heavy atom. The molecule has 0 aliphatic carbocycles. The number of pyridine rings is 1. The van der Waals surface area contributed by atoms with Gasteiger partial charge in [0.2, 0.25) is 0 Å². The summed E-state index contributed by atoms with van der Waals surface area (Å²) < 4.78 is 0. The molecular formula is C22H31N5. The van der Waals surface area contributed by atoms with Crippen molar-refractivity contribution in [3.8, 4) is 11.3 Å². The second-order valence-electron chi connectivity index (χ2n) is 7.55. The minimum atomic E-state index is 0.360. The minimum absolute atomic E-state index is 0.360. The van der Waals surface area contributed by atoms with E-state index in [0.717, 1.165) is 33.8 Å². The molecule has 4 N–H and O–H groups in total. The molecule has 0 saturated heterocycles. The highest BCUT2D eigenvalue weighted by Crippen LogP contribution is 2.31. The fourth-order valence-electron chi connectivity index (χ4n) is 3.95. The predicted octanol–water partition coefficient (Wildman–Crippen LogP) is 5.47. The number of nitrogen functional groups attached to an aromatic ring is 1. The SMILES string of the molecule is CCCC(CC)C(C)C(C)Nc1cc(N)nc2cc(-c3ccn[nH]3)ccc12. The first-order valence-electron chi connectivity index (χ1n) is 10.00. The Bertz CT molecular complexity index is 872. The van der Waals surface area contributed by atoms with Gasteiger partial charge in [0.05, 0.1) is 11.2 Å². The maximum absolute atomic E-state index is 6.11. The molecule has 5 nitrogen and oxygen atoms in total. The molecule has 2 heterocycles. The van der Waals surface area contributed by atoms with Crippen molar-refractivity contribution in [3.63, 3.8) is 0 Å². The summed E-state index contributed by atoms with van der Waals surface area (Å²) in [6.45, 7) is 9.18. The number of fused-ring (bicyclic) bond motifs is 1. The lowest BCUT2D eigenvalue weighted by Crippen LogP contribution is -2.29. The number of hydrogen-bond donors (Lipinski definition) is 3. The first-order chi connectivity index (χ1) is 13.0. The maximum atomic E-state index is 6.11. The first-order valence-corrected chi connectivity index (χ1v) is 10.00. The van der Waals surface area contributed by atoms with Gasteiger partial charge in [0.25, 0.3) is 0 Å². The van der Waals surface area contributed by atoms with Crippen LogP contribution in [0.4, 0.5) is 11.5 Å². The molecule has 5 heteroatoms. The summed E-state index contributed by atoms with van der Waals surface area (Å²) in [5.41, 5.74) is 10.1. The summed E-state index contributed by atoms with van der Waals surface area (Å²) in [6.07, 6.45) is 5.48. The molecule has 0 fully saturated rings. The molecule has 3 rings (SSSR count). The Kier molecular flexibility index (Phi) is 5.99. The van der Waals surface area contributed by atoms with E-state index in [1.807, 2.05) is 12.1 Å². The molecule has 1 aromatic carbocycles. The van der Waals surface area contributed by atoms with Crippen LogP contribution in [-0.2, 0) is 0 Å². The zero-order chi connectivity index (χ0) is 19.4. The normalized spacial score (nSPS) is 14.8. The Hall–Kier alpha value is -2.56. The lowest BCUT2D eigenvalue weighted by molar-refractivity contribution is 0.297. The van der Waals surface area contributed by atoms with Crippen molar-refractivity contribution in [2.45, 2.75) is 53.0 Å². The average Bonchev–Trinajstić information content (AvgIpc) is 3.19. The third-order valence-electron chi connectivity index (χ3n) is 5.74. The number of benzene rings is 1. The Labute approximate surface area is 161 Å². The maximum Gasteiger partial charge on any atom is 0.126 e. The number of nitrogens with one attached hydrogen (secondary N) is 2. The molecule has 0 aliphatic rings. The van der Waals surface area contributed by atoms with Crippen LogP contribution in [0.1, 0.15) is 47.0 Å². The van der Waals surface area contributed by atoms with E-state index >= 15 is 0 Å². The van der Waals surface area contributed by atoms with Gasteiger partial charge in [-0.15, -0.1) is 0 Å². The molecule has 0 saturated carbocycles. The smallest absolute Gasteiger partial charge is 0.126 e. The Morgan fingerprint density at radius 3 is 2.63 bits per heavy atom. The summed E-state index contributed by atoms with van der Waals surface area (Å²) >= 11 is 0. The fraction of sp³-hybridized carbons (Fsp3) is 0.455. The fourth-order valence-corrected chi connectivity index (χ4v) is 3.95. The van der Waals surface area contributed by atoms with Crippen LogP contribution in [0, 0.1) is 11.8 Å². The summed E-state index contributed by atoms with van der Waals surface area (Å²) in [5.74, 6) is 1.85. The van der Waals surface area contributed by atoms with E-state index < -0.39 is 0 Å². The van der Waals surface area contributed by atoms with Crippen LogP contribution < -0.4 is 11.1 Å². The molecule has 0 spiro atoms. The average molecular weight is 366 g/mol. The van der Waals surface area contributed by atoms with Crippen molar-refractivity contribution in [1.82, 2.24) is 15.2 Å². The van der Waals surface area contributed by atoms with E-state index in [-0.39, 0.29) is 0 Å². The van der Waals surface area contributed by atoms with E-state index in [0.29, 0.717) is 17.8 Å². The Balaban J connectivity index is 1.90. The van der Waals surface area contributed by atoms with Gasteiger partial charge in [-0.1, -0.05) is 52.2 Å². The number of aromatic nitrogens is 3. The number of aromatic amines is 1. The van der Waals surface area contributed by atoms with Gasteiger partial charge in [-0.05, 0) is 30.9 Å². The van der Waals surface area contributed by atoms with Crippen molar-refractivity contribution in [2.75, 3.05) is 11.1 Å². The molecule has 0 radical (unpaired) electrons. The molecule has 0 aliphatic heterocycles. The summed E-state index contributed by atoms with van der Waals surface area (Å²) in [6, 6.07) is 10.5. The molecule has 144 valence electrons. The van der Waals surface area contributed by atoms with Crippen LogP contribution in [0.5, 0.6) is 0 Å². The lowest BCUT2D eigenvalue weighted by atomic mass is 9.83. The van der Waals surface area contributed by atoms with Crippen molar-refractivity contribution in [3.05, 3.63) is 36.5 Å². The quantitative estimate of drug-likeness (QED) is 0.494. The van der Waals surface area contributed by atoms with Gasteiger partial charge < -0.3 is 11.1 Å². The van der Waals surface area contributed by atoms with Crippen molar-refractivity contribution in [2.24, 2.45) is 11.8 Å². The van der Waals surface area contributed by atoms with Gasteiger partial charge in [-0.3, -0.25) is 5.10 Å². The number of nitrogens with zero attached hydrogens (tertiary/aromatic N) is 2. The number of rotatable bonds is 8. The van der Waals surface area contributed by atoms with Gasteiger partial charge in [-0.2, -0.15) is 5.10 Å². The van der Waals surface area contributed by atoms with Crippen molar-refractivity contribution in [1.29, 1.82) is 0 Å². The molecule has 0 bridgehead atoms. The van der Waals surface area contributed by atoms with Gasteiger partial charge in [0, 0.05) is 34.9 Å². The van der Waals surface area contributed by atoms with Crippen molar-refractivity contribution >= 4 is 22.4 Å². The molecule has 0 amide bonds. The van der Waals surface area contributed by atoms with Gasteiger partial charge in [-0.25, -0.2) is 4.98 Å². The third-order valence-corrected chi connectivity index (χ3v) is 5.74. The highest BCUT2D eigenvalue weighted by Gasteiger charge is 2.21. The topological polar surface area (TPSA) is 79.6 Å². The molecule has 3 unspecified atom stereocenters. The zero-order valence-corrected chi connectivity index (χ0v) is 16.8. The van der Waals surface area contributed by atoms with Crippen LogP contribution in [-0.4, -0.2) is 21.2 Å². The van der Waals surface area contributed by atoms with Crippen LogP contribution >= 0.6 is 0 Å². The number of H-pyrrole nitrogens is 1. The second-order valence-corrected chi connectivity index (χ2v) is 7.55. The van der Waals surface area contributed by atoms with Crippen molar-refractivity contribution < 1.29 is 0 Å². The number of hydrogen-bond acceptors (Lipinski definition) is 4.